The number of aromatic amines is 2. The van der Waals surface area contributed by atoms with Crippen molar-refractivity contribution in [2.45, 2.75) is 55.1 Å². The Morgan fingerprint density at radius 3 is 1.65 bits per heavy atom. The fraction of sp³-hybridized carbons (Fsp3) is 0.409. The van der Waals surface area contributed by atoms with E-state index in [0.29, 0.717) is 42.9 Å². The molecular weight excluding hydrogens is 857 g/mol. The Kier molecular flexibility index (Phi) is 14.7. The number of H-pyrrole nitrogens is 2. The summed E-state index contributed by atoms with van der Waals surface area (Å²) < 4.78 is 54.7. The van der Waals surface area contributed by atoms with Crippen LogP contribution in [0.1, 0.15) is 54.8 Å². The second-order valence-corrected chi connectivity index (χ2v) is 19.3. The molecule has 2 saturated heterocycles. The smallest absolute Gasteiger partial charge is 0.330 e. The van der Waals surface area contributed by atoms with E-state index in [9.17, 15) is 27.6 Å². The van der Waals surface area contributed by atoms with Crippen molar-refractivity contribution in [2.24, 2.45) is 11.8 Å². The van der Waals surface area contributed by atoms with Crippen LogP contribution < -0.4 is 32.0 Å². The number of ether oxygens (including phenoxy) is 4. The van der Waals surface area contributed by atoms with E-state index in [4.69, 9.17) is 23.1 Å². The molecular formula is C44H50N4O11S3. The second kappa shape index (κ2) is 20.1. The number of methoxy groups -OCH3 is 2. The summed E-state index contributed by atoms with van der Waals surface area (Å²) in [7, 11) is -0.375. The maximum Gasteiger partial charge on any atom is 0.330 e. The SMILES string of the molecule is COc1ccc(C(SC[C@H]2C[C@H](n3ccc(=O)[nH]c3=O)O[C@@H]2CCSC[C@H]2C[C@H](n3ccc(=O)[nH]c3=O)O[C@@H]2CCOS(C)(=O)=O)(c2ccccc2)c2ccc(OC)cc2)cc1. The topological polar surface area (TPSA) is 190 Å². The molecule has 0 bridgehead atoms. The molecule has 4 heterocycles. The summed E-state index contributed by atoms with van der Waals surface area (Å²) in [5.74, 6) is 3.37. The zero-order valence-electron chi connectivity index (χ0n) is 34.5. The molecule has 2 fully saturated rings. The highest BCUT2D eigenvalue weighted by Crippen LogP contribution is 2.51. The van der Waals surface area contributed by atoms with Crippen molar-refractivity contribution in [1.82, 2.24) is 19.1 Å². The van der Waals surface area contributed by atoms with Crippen LogP contribution in [0.25, 0.3) is 0 Å². The van der Waals surface area contributed by atoms with Gasteiger partial charge in [0.1, 0.15) is 24.0 Å². The van der Waals surface area contributed by atoms with Crippen LogP contribution in [0.15, 0.2) is 123 Å². The van der Waals surface area contributed by atoms with E-state index < -0.39 is 55.9 Å². The number of hydrogen-bond acceptors (Lipinski definition) is 13. The Bertz CT molecular complexity index is 2570. The predicted molar refractivity (Wildman–Crippen MR) is 239 cm³/mol. The average molecular weight is 907 g/mol. The Morgan fingerprint density at radius 1 is 0.677 bits per heavy atom. The largest absolute Gasteiger partial charge is 0.497 e. The van der Waals surface area contributed by atoms with Gasteiger partial charge < -0.3 is 18.9 Å². The number of thioether (sulfide) groups is 2. The first kappa shape index (κ1) is 45.2. The predicted octanol–water partition coefficient (Wildman–Crippen LogP) is 5.13. The van der Waals surface area contributed by atoms with Crippen molar-refractivity contribution in [2.75, 3.05) is 44.3 Å². The van der Waals surface area contributed by atoms with Gasteiger partial charge in [0.05, 0.1) is 44.0 Å². The van der Waals surface area contributed by atoms with E-state index in [1.807, 2.05) is 42.5 Å². The minimum atomic E-state index is -3.66. The molecule has 5 aromatic rings. The standard InChI is InChI=1S/C44H50N4O11S3/c1-55-34-13-9-32(10-14-34)44(31-7-5-4-6-8-31,33-11-15-35(56-2)16-12-33)61-28-30-26-41(48-22-18-39(50)46-43(48)52)59-37(30)20-24-60-27-29-25-40(47-21-17-38(49)45-42(47)51)58-36(29)19-23-57-62(3,53)54/h4-18,21-22,29-30,36-37,40-41H,19-20,23-28H2,1-3H3,(H,45,49,51)(H,46,50,52)/t29-,30-,36-,37-,40-,41-/m1/s1. The molecule has 2 aliphatic heterocycles. The van der Waals surface area contributed by atoms with Crippen LogP contribution in [0, 0.1) is 11.8 Å². The molecule has 6 atom stereocenters. The van der Waals surface area contributed by atoms with Crippen molar-refractivity contribution in [3.63, 3.8) is 0 Å². The first-order valence-corrected chi connectivity index (χ1v) is 24.2. The summed E-state index contributed by atoms with van der Waals surface area (Å²) >= 11 is 3.49. The molecule has 18 heteroatoms. The molecule has 0 unspecified atom stereocenters. The zero-order valence-corrected chi connectivity index (χ0v) is 37.0. The van der Waals surface area contributed by atoms with Gasteiger partial charge in [-0.15, -0.1) is 11.8 Å². The number of rotatable bonds is 19. The summed E-state index contributed by atoms with van der Waals surface area (Å²) in [4.78, 5) is 54.1. The summed E-state index contributed by atoms with van der Waals surface area (Å²) in [6.07, 6.45) is 3.89. The van der Waals surface area contributed by atoms with Crippen LogP contribution in [0.3, 0.4) is 0 Å². The van der Waals surface area contributed by atoms with Gasteiger partial charge in [-0.05, 0) is 90.0 Å². The summed E-state index contributed by atoms with van der Waals surface area (Å²) in [6.45, 7) is -0.0732. The molecule has 0 amide bonds. The molecule has 2 aliphatic rings. The fourth-order valence-corrected chi connectivity index (χ4v) is 11.6. The van der Waals surface area contributed by atoms with Crippen molar-refractivity contribution in [3.8, 4) is 11.5 Å². The van der Waals surface area contributed by atoms with E-state index in [1.165, 1.54) is 33.7 Å². The second-order valence-electron chi connectivity index (χ2n) is 15.3. The highest BCUT2D eigenvalue weighted by atomic mass is 32.2. The normalized spacial score (nSPS) is 21.5. The molecule has 15 nitrogen and oxygen atoms in total. The maximum atomic E-state index is 13.1. The molecule has 0 saturated carbocycles. The number of hydrogen-bond donors (Lipinski definition) is 2. The van der Waals surface area contributed by atoms with Crippen LogP contribution in [-0.2, 0) is 28.5 Å². The van der Waals surface area contributed by atoms with Gasteiger partial charge in [0.25, 0.3) is 21.2 Å². The third-order valence-electron chi connectivity index (χ3n) is 11.3. The molecule has 0 radical (unpaired) electrons. The van der Waals surface area contributed by atoms with Crippen molar-refractivity contribution >= 4 is 33.6 Å². The Hall–Kier alpha value is -4.85. The average Bonchev–Trinajstić information content (AvgIpc) is 3.86. The lowest BCUT2D eigenvalue weighted by molar-refractivity contribution is -0.0142. The molecule has 62 heavy (non-hydrogen) atoms. The summed E-state index contributed by atoms with van der Waals surface area (Å²) in [5.41, 5.74) is 1.06. The molecule has 0 spiro atoms. The monoisotopic (exact) mass is 906 g/mol. The zero-order chi connectivity index (χ0) is 43.9. The highest BCUT2D eigenvalue weighted by Gasteiger charge is 2.42. The fourth-order valence-electron chi connectivity index (χ4n) is 8.24. The number of nitrogens with zero attached hydrogens (tertiary/aromatic N) is 2. The van der Waals surface area contributed by atoms with Crippen molar-refractivity contribution in [3.05, 3.63) is 162 Å². The van der Waals surface area contributed by atoms with E-state index in [1.54, 1.807) is 37.7 Å². The quantitative estimate of drug-likeness (QED) is 0.0631. The number of nitrogens with one attached hydrogen (secondary N) is 2. The van der Waals surface area contributed by atoms with Crippen LogP contribution in [0.4, 0.5) is 0 Å². The first-order chi connectivity index (χ1) is 29.9. The molecule has 330 valence electrons. The maximum absolute atomic E-state index is 13.1. The third-order valence-corrected chi connectivity index (χ3v) is 14.8. The van der Waals surface area contributed by atoms with Gasteiger partial charge in [0.15, 0.2) is 0 Å². The molecule has 3 aromatic carbocycles. The van der Waals surface area contributed by atoms with Crippen LogP contribution in [-0.4, -0.2) is 84.1 Å². The first-order valence-electron chi connectivity index (χ1n) is 20.2. The van der Waals surface area contributed by atoms with E-state index >= 15 is 0 Å². The molecule has 2 aromatic heterocycles. The molecule has 0 aliphatic carbocycles. The van der Waals surface area contributed by atoms with E-state index in [2.05, 4.69) is 46.4 Å². The Balaban J connectivity index is 1.13. The third kappa shape index (κ3) is 10.7. The number of benzene rings is 3. The Morgan fingerprint density at radius 2 is 1.16 bits per heavy atom. The van der Waals surface area contributed by atoms with E-state index in [0.717, 1.165) is 34.4 Å². The van der Waals surface area contributed by atoms with Crippen LogP contribution in [0.5, 0.6) is 11.5 Å². The van der Waals surface area contributed by atoms with Gasteiger partial charge >= 0.3 is 11.4 Å². The van der Waals surface area contributed by atoms with Gasteiger partial charge in [-0.25, -0.2) is 9.59 Å². The summed E-state index contributed by atoms with van der Waals surface area (Å²) in [5, 5.41) is 0. The highest BCUT2D eigenvalue weighted by molar-refractivity contribution is 8.00. The minimum Gasteiger partial charge on any atom is -0.497 e. The summed E-state index contributed by atoms with van der Waals surface area (Å²) in [6, 6.07) is 29.2. The molecule has 7 rings (SSSR count). The van der Waals surface area contributed by atoms with E-state index in [-0.39, 0.29) is 24.5 Å². The van der Waals surface area contributed by atoms with Gasteiger partial charge in [0.2, 0.25) is 0 Å². The van der Waals surface area contributed by atoms with Crippen molar-refractivity contribution in [1.29, 1.82) is 0 Å². The van der Waals surface area contributed by atoms with Crippen LogP contribution >= 0.6 is 23.5 Å². The van der Waals surface area contributed by atoms with Crippen molar-refractivity contribution < 1.29 is 31.5 Å². The van der Waals surface area contributed by atoms with Gasteiger partial charge in [-0.2, -0.15) is 20.2 Å². The number of aromatic nitrogens is 4. The minimum absolute atomic E-state index is 0.0174. The van der Waals surface area contributed by atoms with Crippen LogP contribution in [0.2, 0.25) is 0 Å². The lowest BCUT2D eigenvalue weighted by Gasteiger charge is -2.37. The molecule has 2 N–H and O–H groups in total. The van der Waals surface area contributed by atoms with Gasteiger partial charge in [0, 0.05) is 30.3 Å². The lowest BCUT2D eigenvalue weighted by Crippen LogP contribution is -2.31. The Labute approximate surface area is 367 Å². The van der Waals surface area contributed by atoms with Gasteiger partial charge in [-0.1, -0.05) is 54.6 Å². The van der Waals surface area contributed by atoms with Gasteiger partial charge in [-0.3, -0.25) is 32.9 Å². The lowest BCUT2D eigenvalue weighted by atomic mass is 9.84.